The third-order valence-corrected chi connectivity index (χ3v) is 9.66. The Morgan fingerprint density at radius 3 is 2.17 bits per heavy atom. The zero-order chi connectivity index (χ0) is 17.3. The molecular formula is C20H27BrOSi-. The second-order valence-electron chi connectivity index (χ2n) is 7.75. The van der Waals surface area contributed by atoms with E-state index in [9.17, 15) is 0 Å². The van der Waals surface area contributed by atoms with Crippen molar-refractivity contribution in [2.24, 2.45) is 0 Å². The van der Waals surface area contributed by atoms with E-state index in [1.165, 1.54) is 16.7 Å². The van der Waals surface area contributed by atoms with Gasteiger partial charge in [-0.15, -0.1) is 18.1 Å². The fourth-order valence-corrected chi connectivity index (χ4v) is 3.61. The summed E-state index contributed by atoms with van der Waals surface area (Å²) in [4.78, 5) is 0. The van der Waals surface area contributed by atoms with E-state index >= 15 is 0 Å². The van der Waals surface area contributed by atoms with Crippen LogP contribution in [0.25, 0.3) is 0 Å². The minimum Gasteiger partial charge on any atom is -0.689 e. The molecule has 0 atom stereocenters. The van der Waals surface area contributed by atoms with Crippen LogP contribution >= 0.6 is 15.9 Å². The van der Waals surface area contributed by atoms with Crippen molar-refractivity contribution in [2.45, 2.75) is 52.2 Å². The van der Waals surface area contributed by atoms with Crippen molar-refractivity contribution in [3.05, 3.63) is 63.6 Å². The molecule has 0 saturated carbocycles. The molecule has 0 unspecified atom stereocenters. The molecule has 0 radical (unpaired) electrons. The minimum atomic E-state index is -1.76. The molecule has 0 N–H and O–H groups in total. The fourth-order valence-electron chi connectivity index (χ4n) is 2.17. The van der Waals surface area contributed by atoms with Crippen LogP contribution in [-0.4, -0.2) is 8.32 Å². The van der Waals surface area contributed by atoms with Gasteiger partial charge in [0.2, 0.25) is 0 Å². The maximum atomic E-state index is 6.35. The highest BCUT2D eigenvalue weighted by Crippen LogP contribution is 2.37. The first-order valence-corrected chi connectivity index (χ1v) is 11.8. The summed E-state index contributed by atoms with van der Waals surface area (Å²) in [5.74, 6) is 0.992. The molecule has 3 heteroatoms. The Bertz CT molecular complexity index is 669. The van der Waals surface area contributed by atoms with Gasteiger partial charge in [0.1, 0.15) is 0 Å². The molecular weight excluding hydrogens is 364 g/mol. The van der Waals surface area contributed by atoms with Crippen molar-refractivity contribution in [3.8, 4) is 5.75 Å². The van der Waals surface area contributed by atoms with Crippen LogP contribution in [0.2, 0.25) is 18.1 Å². The molecule has 0 aliphatic carbocycles. The highest BCUT2D eigenvalue weighted by Gasteiger charge is 2.26. The molecule has 0 aromatic heterocycles. The van der Waals surface area contributed by atoms with Gasteiger partial charge in [0.15, 0.2) is 0 Å². The number of halogens is 1. The van der Waals surface area contributed by atoms with Gasteiger partial charge in [-0.25, -0.2) is 0 Å². The molecule has 125 valence electrons. The molecule has 0 aliphatic rings. The number of rotatable bonds is 4. The molecule has 0 saturated heterocycles. The fraction of sp³-hybridized carbons (Fsp3) is 0.400. The summed E-state index contributed by atoms with van der Waals surface area (Å²) in [6.07, 6.45) is 0.950. The van der Waals surface area contributed by atoms with Crippen molar-refractivity contribution in [1.82, 2.24) is 0 Å². The van der Waals surface area contributed by atoms with E-state index in [1.807, 2.05) is 0 Å². The molecule has 2 aromatic rings. The Balaban J connectivity index is 2.12. The van der Waals surface area contributed by atoms with Crippen LogP contribution in [0.5, 0.6) is 5.75 Å². The second kappa shape index (κ2) is 6.82. The van der Waals surface area contributed by atoms with Gasteiger partial charge in [-0.3, -0.25) is 0 Å². The largest absolute Gasteiger partial charge is 0.689 e. The van der Waals surface area contributed by atoms with Crippen LogP contribution in [0.15, 0.2) is 46.9 Å². The number of hydrogen-bond donors (Lipinski definition) is 0. The maximum Gasteiger partial charge on any atom is 0.0722 e. The van der Waals surface area contributed by atoms with Crippen LogP contribution < -0.4 is 4.43 Å². The topological polar surface area (TPSA) is 9.23 Å². The lowest BCUT2D eigenvalue weighted by atomic mass is 10.0. The van der Waals surface area contributed by atoms with Gasteiger partial charge < -0.3 is 4.43 Å². The summed E-state index contributed by atoms with van der Waals surface area (Å²) in [6.45, 7) is 13.5. The lowest BCUT2D eigenvalue weighted by molar-refractivity contribution is 0.492. The van der Waals surface area contributed by atoms with E-state index in [4.69, 9.17) is 4.43 Å². The molecule has 0 aliphatic heterocycles. The van der Waals surface area contributed by atoms with Crippen molar-refractivity contribution >= 4 is 24.2 Å². The highest BCUT2D eigenvalue weighted by molar-refractivity contribution is 9.10. The molecule has 2 rings (SSSR count). The quantitative estimate of drug-likeness (QED) is 0.525. The van der Waals surface area contributed by atoms with Crippen LogP contribution in [0, 0.1) is 6.92 Å². The predicted octanol–water partition coefficient (Wildman–Crippen LogP) is 6.73. The molecule has 0 spiro atoms. The SMILES string of the molecule is Cc1ccc(Br)cc1Cc1ccc(O[Si-](C)(C)C(C)(C)C)cc1. The van der Waals surface area contributed by atoms with E-state index in [1.54, 1.807) is 0 Å². The summed E-state index contributed by atoms with van der Waals surface area (Å²) < 4.78 is 7.48. The van der Waals surface area contributed by atoms with Crippen molar-refractivity contribution in [2.75, 3.05) is 0 Å². The smallest absolute Gasteiger partial charge is 0.0722 e. The number of benzene rings is 2. The summed E-state index contributed by atoms with van der Waals surface area (Å²) in [5, 5.41) is 0.221. The third-order valence-electron chi connectivity index (χ3n) is 4.81. The third kappa shape index (κ3) is 4.71. The van der Waals surface area contributed by atoms with Gasteiger partial charge in [0, 0.05) is 12.8 Å². The first-order chi connectivity index (χ1) is 10.6. The zero-order valence-electron chi connectivity index (χ0n) is 15.0. The van der Waals surface area contributed by atoms with Crippen molar-refractivity contribution in [3.63, 3.8) is 0 Å². The number of aryl methyl sites for hydroxylation is 1. The Kier molecular flexibility index (Phi) is 5.42. The van der Waals surface area contributed by atoms with Gasteiger partial charge in [0.05, 0.1) is 5.75 Å². The van der Waals surface area contributed by atoms with E-state index < -0.39 is 8.32 Å². The normalized spacial score (nSPS) is 12.3. The van der Waals surface area contributed by atoms with Crippen molar-refractivity contribution < 1.29 is 4.43 Å². The Morgan fingerprint density at radius 2 is 1.61 bits per heavy atom. The average Bonchev–Trinajstić information content (AvgIpc) is 2.43. The predicted molar refractivity (Wildman–Crippen MR) is 106 cm³/mol. The van der Waals surface area contributed by atoms with Gasteiger partial charge in [-0.05, 0) is 54.3 Å². The summed E-state index contributed by atoms with van der Waals surface area (Å²) in [7, 11) is -1.76. The van der Waals surface area contributed by atoms with E-state index in [-0.39, 0.29) is 5.04 Å². The summed E-state index contributed by atoms with van der Waals surface area (Å²) >= 11 is 3.56. The Morgan fingerprint density at radius 1 is 1.00 bits per heavy atom. The van der Waals surface area contributed by atoms with Crippen LogP contribution in [0.3, 0.4) is 0 Å². The molecule has 0 amide bonds. The van der Waals surface area contributed by atoms with Crippen LogP contribution in [0.4, 0.5) is 0 Å². The van der Waals surface area contributed by atoms with Crippen molar-refractivity contribution in [1.29, 1.82) is 0 Å². The lowest BCUT2D eigenvalue weighted by Gasteiger charge is -2.48. The van der Waals surface area contributed by atoms with Gasteiger partial charge in [0.25, 0.3) is 0 Å². The standard InChI is InChI=1S/C20H27BrOSi/c1-15-7-10-18(21)14-17(15)13-16-8-11-19(12-9-16)22-23(5,6)20(2,3)4/h7-12,14H,13H2,1-6H3/q-1. The Hall–Kier alpha value is -1.06. The highest BCUT2D eigenvalue weighted by atomic mass is 79.9. The molecule has 23 heavy (non-hydrogen) atoms. The van der Waals surface area contributed by atoms with Gasteiger partial charge in [-0.1, -0.05) is 54.9 Å². The number of hydrogen-bond acceptors (Lipinski definition) is 1. The summed E-state index contributed by atoms with van der Waals surface area (Å²) in [5.41, 5.74) is 4.00. The Labute approximate surface area is 150 Å². The molecule has 0 bridgehead atoms. The average molecular weight is 391 g/mol. The van der Waals surface area contributed by atoms with Gasteiger partial charge >= 0.3 is 0 Å². The van der Waals surface area contributed by atoms with E-state index in [0.717, 1.165) is 16.6 Å². The van der Waals surface area contributed by atoms with E-state index in [0.29, 0.717) is 0 Å². The maximum absolute atomic E-state index is 6.35. The first kappa shape index (κ1) is 18.3. The van der Waals surface area contributed by atoms with E-state index in [2.05, 4.69) is 99.2 Å². The first-order valence-electron chi connectivity index (χ1n) is 8.11. The molecule has 0 fully saturated rings. The van der Waals surface area contributed by atoms with Crippen LogP contribution in [0.1, 0.15) is 37.5 Å². The monoisotopic (exact) mass is 390 g/mol. The van der Waals surface area contributed by atoms with Gasteiger partial charge in [-0.2, -0.15) is 0 Å². The lowest BCUT2D eigenvalue weighted by Crippen LogP contribution is -2.43. The molecule has 2 aromatic carbocycles. The second-order valence-corrected chi connectivity index (χ2v) is 13.4. The van der Waals surface area contributed by atoms with Crippen LogP contribution in [-0.2, 0) is 6.42 Å². The zero-order valence-corrected chi connectivity index (χ0v) is 17.6. The summed E-state index contributed by atoms with van der Waals surface area (Å²) in [6, 6.07) is 15.1. The molecule has 1 nitrogen and oxygen atoms in total. The minimum absolute atomic E-state index is 0.221. The molecule has 0 heterocycles.